The van der Waals surface area contributed by atoms with Gasteiger partial charge < -0.3 is 5.32 Å². The molecule has 1 N–H and O–H groups in total. The molecule has 1 aromatic heterocycles. The van der Waals surface area contributed by atoms with Crippen LogP contribution in [-0.2, 0) is 12.8 Å². The third-order valence-electron chi connectivity index (χ3n) is 4.25. The first kappa shape index (κ1) is 15.1. The number of nitrogens with zero attached hydrogens (tertiary/aromatic N) is 2. The third-order valence-corrected chi connectivity index (χ3v) is 4.25. The minimum Gasteiger partial charge on any atom is -0.317 e. The van der Waals surface area contributed by atoms with E-state index in [2.05, 4.69) is 15.3 Å². The maximum Gasteiger partial charge on any atom is 0.123 e. The molecular formula is C18H22FN3. The van der Waals surface area contributed by atoms with Crippen LogP contribution in [0.15, 0.2) is 36.7 Å². The average Bonchev–Trinajstić information content (AvgIpc) is 2.80. The van der Waals surface area contributed by atoms with Crippen molar-refractivity contribution in [2.45, 2.75) is 32.1 Å². The van der Waals surface area contributed by atoms with E-state index in [-0.39, 0.29) is 5.82 Å². The number of nitrogens with one attached hydrogen (secondary N) is 1. The van der Waals surface area contributed by atoms with Gasteiger partial charge in [-0.25, -0.2) is 4.39 Å². The average molecular weight is 299 g/mol. The lowest BCUT2D eigenvalue weighted by molar-refractivity contribution is 0.464. The van der Waals surface area contributed by atoms with Crippen LogP contribution in [0.4, 0.5) is 4.39 Å². The normalized spacial score (nSPS) is 18.9. The molecule has 1 fully saturated rings. The molecule has 22 heavy (non-hydrogen) atoms. The lowest BCUT2D eigenvalue weighted by Crippen LogP contribution is -2.14. The van der Waals surface area contributed by atoms with Crippen molar-refractivity contribution in [3.05, 3.63) is 59.4 Å². The summed E-state index contributed by atoms with van der Waals surface area (Å²) in [5.41, 5.74) is 3.06. The number of rotatable bonds is 4. The maximum atomic E-state index is 12.9. The van der Waals surface area contributed by atoms with Crippen molar-refractivity contribution in [2.75, 3.05) is 13.1 Å². The molecule has 0 saturated carbocycles. The Morgan fingerprint density at radius 1 is 1.00 bits per heavy atom. The number of halogens is 1. The van der Waals surface area contributed by atoms with Gasteiger partial charge in [0.05, 0.1) is 11.4 Å². The molecule has 1 aliphatic heterocycles. The minimum atomic E-state index is -0.205. The standard InChI is InChI=1S/C18H22FN3/c19-16-5-3-15(4-6-16)11-18-13-21-17(12-22-18)10-14-2-1-8-20-9-7-14/h3-6,12-14,20H,1-2,7-11H2/t14-/m0/s1. The number of aromatic nitrogens is 2. The van der Waals surface area contributed by atoms with E-state index in [9.17, 15) is 4.39 Å². The van der Waals surface area contributed by atoms with Crippen LogP contribution in [0.5, 0.6) is 0 Å². The Labute approximate surface area is 131 Å². The first-order chi connectivity index (χ1) is 10.8. The van der Waals surface area contributed by atoms with Crippen LogP contribution in [-0.4, -0.2) is 23.1 Å². The predicted octanol–water partition coefficient (Wildman–Crippen LogP) is 3.14. The topological polar surface area (TPSA) is 37.8 Å². The van der Waals surface area contributed by atoms with Crippen molar-refractivity contribution < 1.29 is 4.39 Å². The van der Waals surface area contributed by atoms with Gasteiger partial charge in [0, 0.05) is 18.8 Å². The molecule has 1 atom stereocenters. The van der Waals surface area contributed by atoms with Gasteiger partial charge in [0.2, 0.25) is 0 Å². The van der Waals surface area contributed by atoms with Crippen molar-refractivity contribution in [2.24, 2.45) is 5.92 Å². The molecule has 2 heterocycles. The largest absolute Gasteiger partial charge is 0.317 e. The van der Waals surface area contributed by atoms with Crippen LogP contribution < -0.4 is 5.32 Å². The second-order valence-corrected chi connectivity index (χ2v) is 6.05. The summed E-state index contributed by atoms with van der Waals surface area (Å²) in [6, 6.07) is 6.56. The van der Waals surface area contributed by atoms with Crippen molar-refractivity contribution in [1.29, 1.82) is 0 Å². The summed E-state index contributed by atoms with van der Waals surface area (Å²) in [6.07, 6.45) is 9.21. The lowest BCUT2D eigenvalue weighted by Gasteiger charge is -2.12. The molecule has 0 radical (unpaired) electrons. The summed E-state index contributed by atoms with van der Waals surface area (Å²) < 4.78 is 12.9. The Balaban J connectivity index is 1.58. The molecule has 0 aliphatic carbocycles. The number of benzene rings is 1. The van der Waals surface area contributed by atoms with Crippen LogP contribution >= 0.6 is 0 Å². The molecule has 0 bridgehead atoms. The first-order valence-corrected chi connectivity index (χ1v) is 8.04. The zero-order valence-corrected chi connectivity index (χ0v) is 12.8. The second-order valence-electron chi connectivity index (χ2n) is 6.05. The van der Waals surface area contributed by atoms with Crippen LogP contribution in [0, 0.1) is 11.7 Å². The van der Waals surface area contributed by atoms with E-state index in [0.29, 0.717) is 12.3 Å². The fourth-order valence-electron chi connectivity index (χ4n) is 2.98. The molecule has 2 aromatic rings. The van der Waals surface area contributed by atoms with Crippen LogP contribution in [0.1, 0.15) is 36.2 Å². The van der Waals surface area contributed by atoms with E-state index in [1.54, 1.807) is 12.1 Å². The van der Waals surface area contributed by atoms with Crippen LogP contribution in [0.25, 0.3) is 0 Å². The van der Waals surface area contributed by atoms with Gasteiger partial charge in [-0.2, -0.15) is 0 Å². The van der Waals surface area contributed by atoms with Crippen molar-refractivity contribution in [3.63, 3.8) is 0 Å². The van der Waals surface area contributed by atoms with E-state index in [0.717, 1.165) is 36.5 Å². The van der Waals surface area contributed by atoms with Gasteiger partial charge in [-0.05, 0) is 62.4 Å². The van der Waals surface area contributed by atoms with Crippen molar-refractivity contribution in [1.82, 2.24) is 15.3 Å². The van der Waals surface area contributed by atoms with Gasteiger partial charge in [-0.3, -0.25) is 9.97 Å². The first-order valence-electron chi connectivity index (χ1n) is 8.04. The smallest absolute Gasteiger partial charge is 0.123 e. The van der Waals surface area contributed by atoms with E-state index >= 15 is 0 Å². The van der Waals surface area contributed by atoms with Gasteiger partial charge in [-0.15, -0.1) is 0 Å². The number of hydrogen-bond donors (Lipinski definition) is 1. The molecule has 1 aromatic carbocycles. The quantitative estimate of drug-likeness (QED) is 0.942. The molecule has 3 rings (SSSR count). The van der Waals surface area contributed by atoms with Gasteiger partial charge in [0.15, 0.2) is 0 Å². The second kappa shape index (κ2) is 7.45. The fourth-order valence-corrected chi connectivity index (χ4v) is 2.98. The molecule has 0 unspecified atom stereocenters. The van der Waals surface area contributed by atoms with E-state index in [1.807, 2.05) is 12.4 Å². The highest BCUT2D eigenvalue weighted by Crippen LogP contribution is 2.18. The third kappa shape index (κ3) is 4.34. The molecule has 116 valence electrons. The summed E-state index contributed by atoms with van der Waals surface area (Å²) in [7, 11) is 0. The molecule has 0 amide bonds. The fraction of sp³-hybridized carbons (Fsp3) is 0.444. The van der Waals surface area contributed by atoms with E-state index in [1.165, 1.54) is 31.4 Å². The lowest BCUT2D eigenvalue weighted by atomic mass is 9.95. The van der Waals surface area contributed by atoms with Gasteiger partial charge >= 0.3 is 0 Å². The zero-order valence-electron chi connectivity index (χ0n) is 12.8. The summed E-state index contributed by atoms with van der Waals surface area (Å²) in [4.78, 5) is 9.07. The highest BCUT2D eigenvalue weighted by Gasteiger charge is 2.13. The zero-order chi connectivity index (χ0) is 15.2. The Morgan fingerprint density at radius 2 is 1.77 bits per heavy atom. The van der Waals surface area contributed by atoms with E-state index in [4.69, 9.17) is 0 Å². The SMILES string of the molecule is Fc1ccc(Cc2cnc(C[C@H]3CCCNCC3)cn2)cc1. The molecule has 3 nitrogen and oxygen atoms in total. The van der Waals surface area contributed by atoms with Crippen molar-refractivity contribution in [3.8, 4) is 0 Å². The predicted molar refractivity (Wildman–Crippen MR) is 85.2 cm³/mol. The Bertz CT molecular complexity index is 572. The maximum absolute atomic E-state index is 12.9. The molecular weight excluding hydrogens is 277 g/mol. The van der Waals surface area contributed by atoms with Crippen molar-refractivity contribution >= 4 is 0 Å². The monoisotopic (exact) mass is 299 g/mol. The number of hydrogen-bond acceptors (Lipinski definition) is 3. The minimum absolute atomic E-state index is 0.205. The van der Waals surface area contributed by atoms with Gasteiger partial charge in [0.1, 0.15) is 5.82 Å². The van der Waals surface area contributed by atoms with Gasteiger partial charge in [-0.1, -0.05) is 12.1 Å². The highest BCUT2D eigenvalue weighted by atomic mass is 19.1. The summed E-state index contributed by atoms with van der Waals surface area (Å²) in [5, 5.41) is 3.44. The molecule has 0 spiro atoms. The Kier molecular flexibility index (Phi) is 5.11. The summed E-state index contributed by atoms with van der Waals surface area (Å²) in [5.74, 6) is 0.510. The summed E-state index contributed by atoms with van der Waals surface area (Å²) in [6.45, 7) is 2.25. The molecule has 1 aliphatic rings. The molecule has 4 heteroatoms. The Hall–Kier alpha value is -1.81. The summed E-state index contributed by atoms with van der Waals surface area (Å²) >= 11 is 0. The van der Waals surface area contributed by atoms with Gasteiger partial charge in [0.25, 0.3) is 0 Å². The highest BCUT2D eigenvalue weighted by molar-refractivity contribution is 5.21. The molecule has 1 saturated heterocycles. The van der Waals surface area contributed by atoms with Crippen LogP contribution in [0.3, 0.4) is 0 Å². The van der Waals surface area contributed by atoms with E-state index < -0.39 is 0 Å². The van der Waals surface area contributed by atoms with Crippen LogP contribution in [0.2, 0.25) is 0 Å². The Morgan fingerprint density at radius 3 is 2.55 bits per heavy atom.